The molecule has 0 aromatic carbocycles. The molecule has 0 aliphatic heterocycles. The Morgan fingerprint density at radius 2 is 0.773 bits per heavy atom. The number of phosphoric ester groups is 1. The van der Waals surface area contributed by atoms with Gasteiger partial charge in [-0.15, -0.1) is 0 Å². The average Bonchev–Trinajstić information content (AvgIpc) is 3.27. The van der Waals surface area contributed by atoms with E-state index < -0.39 is 26.5 Å². The van der Waals surface area contributed by atoms with Gasteiger partial charge in [-0.3, -0.25) is 14.2 Å². The number of ether oxygens (including phenoxy) is 2. The highest BCUT2D eigenvalue weighted by Gasteiger charge is 2.21. The zero-order chi connectivity index (χ0) is 48.5. The molecule has 0 rings (SSSR count). The summed E-state index contributed by atoms with van der Waals surface area (Å²) in [5, 5.41) is 0. The summed E-state index contributed by atoms with van der Waals surface area (Å²) in [4.78, 5) is 37.8. The van der Waals surface area contributed by atoms with Crippen molar-refractivity contribution in [3.05, 3.63) is 24.3 Å². The second-order valence-electron chi connectivity index (χ2n) is 20.3. The molecule has 0 saturated heterocycles. The van der Waals surface area contributed by atoms with Crippen molar-refractivity contribution in [2.75, 3.05) is 47.5 Å². The van der Waals surface area contributed by atoms with Crippen LogP contribution in [0.4, 0.5) is 0 Å². The Balaban J connectivity index is 4.11. The molecule has 0 fully saturated rings. The molecule has 390 valence electrons. The molecule has 0 radical (unpaired) electrons. The van der Waals surface area contributed by atoms with Gasteiger partial charge in [0.25, 0.3) is 7.82 Å². The number of hydrogen-bond donors (Lipinski definition) is 0. The third kappa shape index (κ3) is 51.9. The van der Waals surface area contributed by atoms with E-state index >= 15 is 0 Å². The van der Waals surface area contributed by atoms with Crippen LogP contribution >= 0.6 is 7.82 Å². The van der Waals surface area contributed by atoms with Crippen LogP contribution in [-0.4, -0.2) is 70.0 Å². The van der Waals surface area contributed by atoms with Crippen molar-refractivity contribution in [1.82, 2.24) is 0 Å². The molecule has 0 N–H and O–H groups in total. The third-order valence-corrected chi connectivity index (χ3v) is 13.4. The molecule has 66 heavy (non-hydrogen) atoms. The van der Waals surface area contributed by atoms with Crippen molar-refractivity contribution in [3.63, 3.8) is 0 Å². The van der Waals surface area contributed by atoms with Crippen LogP contribution in [0.2, 0.25) is 0 Å². The SMILES string of the molecule is CCCCCCCC/C=C\CCCCCCCC(=O)OCC(COP(=O)([O-])OCC[N+](C)(C)C)OC(=O)CCCCCCCCCCCCCCCCC/C=C\CCCCCCCCCC. The van der Waals surface area contributed by atoms with E-state index in [1.54, 1.807) is 0 Å². The summed E-state index contributed by atoms with van der Waals surface area (Å²) in [6.45, 7) is 4.26. The lowest BCUT2D eigenvalue weighted by Crippen LogP contribution is -2.37. The minimum atomic E-state index is -4.63. The van der Waals surface area contributed by atoms with Crippen LogP contribution in [0.25, 0.3) is 0 Å². The quantitative estimate of drug-likeness (QED) is 0.0195. The van der Waals surface area contributed by atoms with E-state index in [9.17, 15) is 19.0 Å². The van der Waals surface area contributed by atoms with E-state index in [1.165, 1.54) is 186 Å². The fourth-order valence-electron chi connectivity index (χ4n) is 8.06. The first kappa shape index (κ1) is 64.5. The van der Waals surface area contributed by atoms with Gasteiger partial charge in [-0.2, -0.15) is 0 Å². The van der Waals surface area contributed by atoms with E-state index in [2.05, 4.69) is 38.2 Å². The highest BCUT2D eigenvalue weighted by atomic mass is 31.2. The number of carbonyl (C=O) groups is 2. The molecule has 0 aromatic rings. The van der Waals surface area contributed by atoms with Crippen molar-refractivity contribution in [2.24, 2.45) is 0 Å². The first-order valence-corrected chi connectivity index (χ1v) is 29.5. The van der Waals surface area contributed by atoms with Gasteiger partial charge in [0.15, 0.2) is 6.10 Å². The largest absolute Gasteiger partial charge is 0.756 e. The summed E-state index contributed by atoms with van der Waals surface area (Å²) in [7, 11) is 1.17. The van der Waals surface area contributed by atoms with Gasteiger partial charge in [0.2, 0.25) is 0 Å². The van der Waals surface area contributed by atoms with Crippen molar-refractivity contribution in [3.8, 4) is 0 Å². The van der Waals surface area contributed by atoms with E-state index in [0.717, 1.165) is 51.4 Å². The first-order chi connectivity index (χ1) is 32.0. The fraction of sp³-hybridized carbons (Fsp3) is 0.893. The number of quaternary nitrogens is 1. The van der Waals surface area contributed by atoms with Crippen LogP contribution in [0.1, 0.15) is 271 Å². The van der Waals surface area contributed by atoms with E-state index in [1.807, 2.05) is 21.1 Å². The Bertz CT molecular complexity index is 1170. The maximum Gasteiger partial charge on any atom is 0.306 e. The molecule has 2 unspecified atom stereocenters. The molecule has 0 aromatic heterocycles. The smallest absolute Gasteiger partial charge is 0.306 e. The fourth-order valence-corrected chi connectivity index (χ4v) is 8.79. The lowest BCUT2D eigenvalue weighted by atomic mass is 10.0. The lowest BCUT2D eigenvalue weighted by Gasteiger charge is -2.28. The predicted molar refractivity (Wildman–Crippen MR) is 278 cm³/mol. The van der Waals surface area contributed by atoms with Crippen LogP contribution in [0, 0.1) is 0 Å². The molecule has 0 bridgehead atoms. The predicted octanol–water partition coefficient (Wildman–Crippen LogP) is 16.4. The van der Waals surface area contributed by atoms with Crippen LogP contribution in [0.15, 0.2) is 24.3 Å². The average molecular weight is 954 g/mol. The number of phosphoric acid groups is 1. The van der Waals surface area contributed by atoms with Gasteiger partial charge < -0.3 is 27.9 Å². The molecule has 0 amide bonds. The van der Waals surface area contributed by atoms with Gasteiger partial charge in [-0.1, -0.05) is 218 Å². The molecule has 9 nitrogen and oxygen atoms in total. The molecular formula is C56H108NO8P. The van der Waals surface area contributed by atoms with E-state index in [0.29, 0.717) is 17.4 Å². The summed E-state index contributed by atoms with van der Waals surface area (Å²) >= 11 is 0. The number of nitrogens with zero attached hydrogens (tertiary/aromatic N) is 1. The number of hydrogen-bond acceptors (Lipinski definition) is 8. The van der Waals surface area contributed by atoms with Gasteiger partial charge in [-0.05, 0) is 64.2 Å². The van der Waals surface area contributed by atoms with Crippen molar-refractivity contribution < 1.29 is 42.1 Å². The molecular weight excluding hydrogens is 846 g/mol. The van der Waals surface area contributed by atoms with Gasteiger partial charge in [-0.25, -0.2) is 0 Å². The molecule has 0 saturated carbocycles. The highest BCUT2D eigenvalue weighted by Crippen LogP contribution is 2.38. The van der Waals surface area contributed by atoms with Gasteiger partial charge in [0.05, 0.1) is 27.7 Å². The van der Waals surface area contributed by atoms with Crippen molar-refractivity contribution in [2.45, 2.75) is 277 Å². The monoisotopic (exact) mass is 954 g/mol. The first-order valence-electron chi connectivity index (χ1n) is 28.0. The Morgan fingerprint density at radius 1 is 0.455 bits per heavy atom. The maximum absolute atomic E-state index is 12.8. The highest BCUT2D eigenvalue weighted by molar-refractivity contribution is 7.45. The molecule has 0 spiro atoms. The summed E-state index contributed by atoms with van der Waals surface area (Å²) in [6.07, 6.45) is 56.5. The van der Waals surface area contributed by atoms with Crippen LogP contribution in [0.3, 0.4) is 0 Å². The summed E-state index contributed by atoms with van der Waals surface area (Å²) in [5.41, 5.74) is 0. The molecule has 2 atom stereocenters. The zero-order valence-electron chi connectivity index (χ0n) is 44.2. The normalized spacial score (nSPS) is 13.5. The maximum atomic E-state index is 12.8. The molecule has 0 aliphatic rings. The second kappa shape index (κ2) is 48.5. The number of esters is 2. The number of likely N-dealkylation sites (N-methyl/N-ethyl adjacent to an activating group) is 1. The van der Waals surface area contributed by atoms with Gasteiger partial charge in [0, 0.05) is 12.8 Å². The van der Waals surface area contributed by atoms with Crippen LogP contribution in [0.5, 0.6) is 0 Å². The van der Waals surface area contributed by atoms with E-state index in [4.69, 9.17) is 18.5 Å². The minimum Gasteiger partial charge on any atom is -0.756 e. The van der Waals surface area contributed by atoms with Crippen molar-refractivity contribution in [1.29, 1.82) is 0 Å². The molecule has 0 aliphatic carbocycles. The Kier molecular flexibility index (Phi) is 47.4. The standard InChI is InChI=1S/C56H108NO8P/c1-6-8-10-12-14-16-18-20-22-23-24-25-26-27-28-29-30-31-32-33-35-37-39-41-43-45-47-49-56(59)65-54(53-64-66(60,61)63-51-50-57(3,4)5)52-62-55(58)48-46-44-42-40-38-36-34-21-19-17-15-13-11-9-7-2/h21,23-24,34,54H,6-20,22,25-33,35-53H2,1-5H3/b24-23-,34-21-. The Hall–Kier alpha value is -1.51. The number of rotatable bonds is 52. The number of allylic oxidation sites excluding steroid dienone is 4. The van der Waals surface area contributed by atoms with E-state index in [-0.39, 0.29) is 32.0 Å². The Morgan fingerprint density at radius 3 is 1.12 bits per heavy atom. The number of unbranched alkanes of at least 4 members (excludes halogenated alkanes) is 34. The zero-order valence-corrected chi connectivity index (χ0v) is 45.1. The lowest BCUT2D eigenvalue weighted by molar-refractivity contribution is -0.870. The Labute approximate surface area is 409 Å². The summed E-state index contributed by atoms with van der Waals surface area (Å²) in [5.74, 6) is -0.831. The van der Waals surface area contributed by atoms with Gasteiger partial charge in [0.1, 0.15) is 19.8 Å². The topological polar surface area (TPSA) is 111 Å². The third-order valence-electron chi connectivity index (χ3n) is 12.4. The second-order valence-corrected chi connectivity index (χ2v) is 21.7. The van der Waals surface area contributed by atoms with Crippen LogP contribution < -0.4 is 4.89 Å². The molecule has 10 heteroatoms. The van der Waals surface area contributed by atoms with Crippen LogP contribution in [-0.2, 0) is 32.7 Å². The summed E-state index contributed by atoms with van der Waals surface area (Å²) < 4.78 is 34.1. The summed E-state index contributed by atoms with van der Waals surface area (Å²) in [6, 6.07) is 0. The van der Waals surface area contributed by atoms with Crippen molar-refractivity contribution >= 4 is 19.8 Å². The minimum absolute atomic E-state index is 0.0299. The molecule has 0 heterocycles. The van der Waals surface area contributed by atoms with Gasteiger partial charge >= 0.3 is 11.9 Å². The number of carbonyl (C=O) groups excluding carboxylic acids is 2.